The van der Waals surface area contributed by atoms with Gasteiger partial charge in [0.2, 0.25) is 0 Å². The Hall–Kier alpha value is -1.87. The van der Waals surface area contributed by atoms with Crippen molar-refractivity contribution >= 4 is 5.69 Å². The van der Waals surface area contributed by atoms with Gasteiger partial charge in [0.05, 0.1) is 0 Å². The van der Waals surface area contributed by atoms with Crippen LogP contribution < -0.4 is 10.6 Å². The number of para-hydroxylation sites is 1. The van der Waals surface area contributed by atoms with Gasteiger partial charge in [-0.25, -0.2) is 0 Å². The van der Waals surface area contributed by atoms with E-state index < -0.39 is 0 Å². The number of anilines is 1. The second-order valence-corrected chi connectivity index (χ2v) is 4.87. The first kappa shape index (κ1) is 13.6. The molecule has 2 aromatic rings. The van der Waals surface area contributed by atoms with Crippen molar-refractivity contribution in [3.8, 4) is 0 Å². The summed E-state index contributed by atoms with van der Waals surface area (Å²) in [5, 5.41) is 0. The number of hydrogen-bond donors (Lipinski definition) is 1. The van der Waals surface area contributed by atoms with Gasteiger partial charge in [-0.1, -0.05) is 18.2 Å². The van der Waals surface area contributed by atoms with Crippen molar-refractivity contribution in [3.63, 3.8) is 0 Å². The van der Waals surface area contributed by atoms with E-state index in [9.17, 15) is 0 Å². The zero-order valence-corrected chi connectivity index (χ0v) is 11.6. The maximum absolute atomic E-state index is 6.02. The van der Waals surface area contributed by atoms with Crippen LogP contribution in [0.25, 0.3) is 0 Å². The summed E-state index contributed by atoms with van der Waals surface area (Å²) in [5.41, 5.74) is 9.74. The van der Waals surface area contributed by atoms with Gasteiger partial charge in [-0.3, -0.25) is 4.98 Å². The van der Waals surface area contributed by atoms with E-state index in [4.69, 9.17) is 5.73 Å². The van der Waals surface area contributed by atoms with Gasteiger partial charge in [-0.05, 0) is 42.7 Å². The fourth-order valence-corrected chi connectivity index (χ4v) is 2.19. The quantitative estimate of drug-likeness (QED) is 0.893. The third-order valence-electron chi connectivity index (χ3n) is 3.32. The zero-order chi connectivity index (χ0) is 13.7. The Balaban J connectivity index is 2.06. The number of nitrogens with zero attached hydrogens (tertiary/aromatic N) is 2. The van der Waals surface area contributed by atoms with Crippen molar-refractivity contribution in [2.45, 2.75) is 19.4 Å². The predicted octanol–water partition coefficient (Wildman–Crippen LogP) is 2.78. The molecule has 0 saturated carbocycles. The lowest BCUT2D eigenvalue weighted by Gasteiger charge is -2.24. The van der Waals surface area contributed by atoms with Crippen LogP contribution in [0.5, 0.6) is 0 Å². The molecule has 0 fully saturated rings. The minimum Gasteiger partial charge on any atom is -0.374 e. The Labute approximate surface area is 115 Å². The van der Waals surface area contributed by atoms with Gasteiger partial charge in [0.25, 0.3) is 0 Å². The van der Waals surface area contributed by atoms with Gasteiger partial charge in [0, 0.05) is 37.7 Å². The Bertz CT molecular complexity index is 508. The molecule has 3 heteroatoms. The standard InChI is InChI=1S/C16H21N3/c1-13(17)15-5-3-4-6-16(15)19(2)12-9-14-7-10-18-11-8-14/h3-8,10-11,13H,9,12,17H2,1-2H3/t13-/m1/s1. The van der Waals surface area contributed by atoms with Crippen LogP contribution in [0.3, 0.4) is 0 Å². The summed E-state index contributed by atoms with van der Waals surface area (Å²) < 4.78 is 0. The third kappa shape index (κ3) is 3.55. The molecule has 0 bridgehead atoms. The van der Waals surface area contributed by atoms with Gasteiger partial charge in [0.1, 0.15) is 0 Å². The number of hydrogen-bond acceptors (Lipinski definition) is 3. The van der Waals surface area contributed by atoms with Crippen LogP contribution in [0, 0.1) is 0 Å². The second-order valence-electron chi connectivity index (χ2n) is 4.87. The van der Waals surface area contributed by atoms with Gasteiger partial charge < -0.3 is 10.6 Å². The van der Waals surface area contributed by atoms with Crippen LogP contribution in [-0.2, 0) is 6.42 Å². The first-order chi connectivity index (χ1) is 9.18. The van der Waals surface area contributed by atoms with Crippen LogP contribution in [0.2, 0.25) is 0 Å². The lowest BCUT2D eigenvalue weighted by molar-refractivity contribution is 0.796. The Morgan fingerprint density at radius 1 is 1.16 bits per heavy atom. The van der Waals surface area contributed by atoms with E-state index >= 15 is 0 Å². The topological polar surface area (TPSA) is 42.1 Å². The maximum Gasteiger partial charge on any atom is 0.0412 e. The molecule has 1 atom stereocenters. The van der Waals surface area contributed by atoms with E-state index in [1.807, 2.05) is 25.4 Å². The Morgan fingerprint density at radius 3 is 2.53 bits per heavy atom. The highest BCUT2D eigenvalue weighted by molar-refractivity contribution is 5.54. The zero-order valence-electron chi connectivity index (χ0n) is 11.6. The first-order valence-corrected chi connectivity index (χ1v) is 6.63. The van der Waals surface area contributed by atoms with Crippen molar-refractivity contribution in [1.82, 2.24) is 4.98 Å². The van der Waals surface area contributed by atoms with E-state index in [1.54, 1.807) is 0 Å². The average molecular weight is 255 g/mol. The first-order valence-electron chi connectivity index (χ1n) is 6.63. The van der Waals surface area contributed by atoms with Crippen molar-refractivity contribution < 1.29 is 0 Å². The molecular formula is C16H21N3. The molecule has 3 nitrogen and oxygen atoms in total. The average Bonchev–Trinajstić information content (AvgIpc) is 2.46. The lowest BCUT2D eigenvalue weighted by atomic mass is 10.1. The number of likely N-dealkylation sites (N-methyl/N-ethyl adjacent to an activating group) is 1. The fourth-order valence-electron chi connectivity index (χ4n) is 2.19. The number of benzene rings is 1. The summed E-state index contributed by atoms with van der Waals surface area (Å²) in [7, 11) is 2.11. The second kappa shape index (κ2) is 6.34. The normalized spacial score (nSPS) is 12.2. The smallest absolute Gasteiger partial charge is 0.0412 e. The fraction of sp³-hybridized carbons (Fsp3) is 0.312. The molecule has 0 aliphatic heterocycles. The van der Waals surface area contributed by atoms with Crippen molar-refractivity contribution in [1.29, 1.82) is 0 Å². The molecule has 0 aliphatic carbocycles. The molecule has 0 amide bonds. The van der Waals surface area contributed by atoms with E-state index in [0.717, 1.165) is 13.0 Å². The highest BCUT2D eigenvalue weighted by atomic mass is 15.1. The molecule has 1 aromatic heterocycles. The van der Waals surface area contributed by atoms with Crippen LogP contribution >= 0.6 is 0 Å². The summed E-state index contributed by atoms with van der Waals surface area (Å²) in [6.45, 7) is 2.99. The summed E-state index contributed by atoms with van der Waals surface area (Å²) >= 11 is 0. The summed E-state index contributed by atoms with van der Waals surface area (Å²) in [5.74, 6) is 0. The Kier molecular flexibility index (Phi) is 4.53. The van der Waals surface area contributed by atoms with E-state index in [1.165, 1.54) is 16.8 Å². The van der Waals surface area contributed by atoms with Gasteiger partial charge in [-0.15, -0.1) is 0 Å². The summed E-state index contributed by atoms with van der Waals surface area (Å²) in [6.07, 6.45) is 4.68. The van der Waals surface area contributed by atoms with Crippen molar-refractivity contribution in [3.05, 3.63) is 59.9 Å². The van der Waals surface area contributed by atoms with Crippen molar-refractivity contribution in [2.24, 2.45) is 5.73 Å². The predicted molar refractivity (Wildman–Crippen MR) is 80.3 cm³/mol. The molecular weight excluding hydrogens is 234 g/mol. The summed E-state index contributed by atoms with van der Waals surface area (Å²) in [4.78, 5) is 6.30. The highest BCUT2D eigenvalue weighted by Gasteiger charge is 2.09. The number of rotatable bonds is 5. The van der Waals surface area contributed by atoms with Gasteiger partial charge in [-0.2, -0.15) is 0 Å². The van der Waals surface area contributed by atoms with E-state index in [0.29, 0.717) is 0 Å². The van der Waals surface area contributed by atoms with Crippen LogP contribution in [-0.4, -0.2) is 18.6 Å². The number of aromatic nitrogens is 1. The summed E-state index contributed by atoms with van der Waals surface area (Å²) in [6, 6.07) is 12.5. The van der Waals surface area contributed by atoms with E-state index in [2.05, 4.69) is 47.3 Å². The molecule has 1 heterocycles. The molecule has 2 rings (SSSR count). The molecule has 1 aromatic carbocycles. The van der Waals surface area contributed by atoms with Gasteiger partial charge in [0.15, 0.2) is 0 Å². The minimum absolute atomic E-state index is 0.0552. The molecule has 0 aliphatic rings. The molecule has 0 unspecified atom stereocenters. The Morgan fingerprint density at radius 2 is 1.84 bits per heavy atom. The molecule has 0 radical (unpaired) electrons. The minimum atomic E-state index is 0.0552. The number of nitrogens with two attached hydrogens (primary N) is 1. The van der Waals surface area contributed by atoms with Crippen LogP contribution in [0.15, 0.2) is 48.8 Å². The van der Waals surface area contributed by atoms with E-state index in [-0.39, 0.29) is 6.04 Å². The SMILES string of the molecule is C[C@@H](N)c1ccccc1N(C)CCc1ccncc1. The van der Waals surface area contributed by atoms with Gasteiger partial charge >= 0.3 is 0 Å². The van der Waals surface area contributed by atoms with Crippen molar-refractivity contribution in [2.75, 3.05) is 18.5 Å². The van der Waals surface area contributed by atoms with Crippen LogP contribution in [0.1, 0.15) is 24.1 Å². The number of pyridine rings is 1. The molecule has 0 spiro atoms. The molecule has 2 N–H and O–H groups in total. The third-order valence-corrected chi connectivity index (χ3v) is 3.32. The van der Waals surface area contributed by atoms with Crippen LogP contribution in [0.4, 0.5) is 5.69 Å². The molecule has 19 heavy (non-hydrogen) atoms. The lowest BCUT2D eigenvalue weighted by Crippen LogP contribution is -2.23. The monoisotopic (exact) mass is 255 g/mol. The largest absolute Gasteiger partial charge is 0.374 e. The molecule has 0 saturated heterocycles. The maximum atomic E-state index is 6.02. The molecule has 100 valence electrons. The highest BCUT2D eigenvalue weighted by Crippen LogP contribution is 2.24.